The SMILES string of the molecule is CC(=O)/C=C(/C)Nc1ccccc1Cl. The maximum absolute atomic E-state index is 10.8. The van der Waals surface area contributed by atoms with Gasteiger partial charge >= 0.3 is 0 Å². The Bertz CT molecular complexity index is 371. The minimum Gasteiger partial charge on any atom is -0.358 e. The number of allylic oxidation sites excluding steroid dienone is 2. The van der Waals surface area contributed by atoms with E-state index in [0.29, 0.717) is 5.02 Å². The molecule has 1 aromatic rings. The molecule has 1 N–H and O–H groups in total. The van der Waals surface area contributed by atoms with E-state index >= 15 is 0 Å². The molecule has 0 amide bonds. The summed E-state index contributed by atoms with van der Waals surface area (Å²) < 4.78 is 0. The third-order valence-corrected chi connectivity index (χ3v) is 1.96. The summed E-state index contributed by atoms with van der Waals surface area (Å²) in [5.74, 6) is 0.0158. The van der Waals surface area contributed by atoms with Crippen LogP contribution in [0.15, 0.2) is 36.0 Å². The highest BCUT2D eigenvalue weighted by atomic mass is 35.5. The highest BCUT2D eigenvalue weighted by Gasteiger charge is 1.98. The van der Waals surface area contributed by atoms with Gasteiger partial charge in [0.25, 0.3) is 0 Å². The smallest absolute Gasteiger partial charge is 0.154 e. The van der Waals surface area contributed by atoms with Crippen LogP contribution in [-0.4, -0.2) is 5.78 Å². The summed E-state index contributed by atoms with van der Waals surface area (Å²) in [7, 11) is 0. The Hall–Kier alpha value is -1.28. The first kappa shape index (κ1) is 10.8. The predicted octanol–water partition coefficient (Wildman–Crippen LogP) is 3.24. The number of para-hydroxylation sites is 1. The Morgan fingerprint density at radius 2 is 2.00 bits per heavy atom. The van der Waals surface area contributed by atoms with Gasteiger partial charge in [0.05, 0.1) is 10.7 Å². The number of nitrogens with one attached hydrogen (secondary N) is 1. The van der Waals surface area contributed by atoms with Crippen LogP contribution in [0.25, 0.3) is 0 Å². The minimum atomic E-state index is 0.0158. The second kappa shape index (κ2) is 4.82. The quantitative estimate of drug-likeness (QED) is 0.775. The highest BCUT2D eigenvalue weighted by molar-refractivity contribution is 6.33. The molecule has 0 saturated heterocycles. The van der Waals surface area contributed by atoms with E-state index in [4.69, 9.17) is 11.6 Å². The van der Waals surface area contributed by atoms with Gasteiger partial charge in [0.2, 0.25) is 0 Å². The maximum atomic E-state index is 10.8. The lowest BCUT2D eigenvalue weighted by atomic mass is 10.3. The largest absolute Gasteiger partial charge is 0.358 e. The van der Waals surface area contributed by atoms with Crippen molar-refractivity contribution in [3.63, 3.8) is 0 Å². The van der Waals surface area contributed by atoms with Crippen molar-refractivity contribution in [1.82, 2.24) is 0 Å². The Morgan fingerprint density at radius 3 is 2.57 bits per heavy atom. The zero-order valence-corrected chi connectivity index (χ0v) is 8.93. The normalized spacial score (nSPS) is 11.2. The molecule has 3 heteroatoms. The summed E-state index contributed by atoms with van der Waals surface area (Å²) >= 11 is 5.93. The standard InChI is InChI=1S/C11H12ClNO/c1-8(7-9(2)14)13-11-6-4-3-5-10(11)12/h3-7,13H,1-2H3/b8-7-. The molecule has 0 heterocycles. The van der Waals surface area contributed by atoms with Crippen LogP contribution < -0.4 is 5.32 Å². The fourth-order valence-electron chi connectivity index (χ4n) is 1.12. The summed E-state index contributed by atoms with van der Waals surface area (Å²) in [6.07, 6.45) is 1.53. The Kier molecular flexibility index (Phi) is 3.72. The van der Waals surface area contributed by atoms with E-state index in [2.05, 4.69) is 5.32 Å². The van der Waals surface area contributed by atoms with Gasteiger partial charge in [-0.3, -0.25) is 4.79 Å². The second-order valence-electron chi connectivity index (χ2n) is 3.04. The van der Waals surface area contributed by atoms with Crippen LogP contribution in [0.2, 0.25) is 5.02 Å². The van der Waals surface area contributed by atoms with Crippen molar-refractivity contribution in [1.29, 1.82) is 0 Å². The van der Waals surface area contributed by atoms with Crippen LogP contribution >= 0.6 is 11.6 Å². The molecule has 0 radical (unpaired) electrons. The highest BCUT2D eigenvalue weighted by Crippen LogP contribution is 2.21. The summed E-state index contributed by atoms with van der Waals surface area (Å²) in [4.78, 5) is 10.8. The van der Waals surface area contributed by atoms with Gasteiger partial charge in [-0.05, 0) is 32.1 Å². The Balaban J connectivity index is 2.79. The van der Waals surface area contributed by atoms with Crippen LogP contribution in [0, 0.1) is 0 Å². The van der Waals surface area contributed by atoms with E-state index < -0.39 is 0 Å². The zero-order chi connectivity index (χ0) is 10.6. The van der Waals surface area contributed by atoms with E-state index in [9.17, 15) is 4.79 Å². The van der Waals surface area contributed by atoms with Gasteiger partial charge < -0.3 is 5.32 Å². The zero-order valence-electron chi connectivity index (χ0n) is 8.17. The Morgan fingerprint density at radius 1 is 1.36 bits per heavy atom. The molecule has 14 heavy (non-hydrogen) atoms. The molecular formula is C11H12ClNO. The number of benzene rings is 1. The summed E-state index contributed by atoms with van der Waals surface area (Å²) in [5.41, 5.74) is 1.59. The molecule has 74 valence electrons. The number of carbonyl (C=O) groups excluding carboxylic acids is 1. The van der Waals surface area contributed by atoms with Crippen molar-refractivity contribution in [2.24, 2.45) is 0 Å². The van der Waals surface area contributed by atoms with Crippen LogP contribution in [0.4, 0.5) is 5.69 Å². The van der Waals surface area contributed by atoms with Crippen molar-refractivity contribution < 1.29 is 4.79 Å². The molecule has 0 aliphatic heterocycles. The number of hydrogen-bond donors (Lipinski definition) is 1. The first-order valence-corrected chi connectivity index (χ1v) is 4.68. The number of halogens is 1. The third-order valence-electron chi connectivity index (χ3n) is 1.63. The molecule has 0 aliphatic carbocycles. The summed E-state index contributed by atoms with van der Waals surface area (Å²) in [6.45, 7) is 3.34. The first-order chi connectivity index (χ1) is 6.59. The van der Waals surface area contributed by atoms with Crippen LogP contribution in [0.3, 0.4) is 0 Å². The molecule has 0 atom stereocenters. The van der Waals surface area contributed by atoms with Crippen molar-refractivity contribution >= 4 is 23.1 Å². The van der Waals surface area contributed by atoms with Gasteiger partial charge in [-0.15, -0.1) is 0 Å². The molecule has 0 bridgehead atoms. The molecule has 0 fully saturated rings. The third kappa shape index (κ3) is 3.23. The lowest BCUT2D eigenvalue weighted by Gasteiger charge is -2.07. The molecule has 0 unspecified atom stereocenters. The molecule has 1 rings (SSSR count). The molecule has 2 nitrogen and oxygen atoms in total. The van der Waals surface area contributed by atoms with Crippen LogP contribution in [0.1, 0.15) is 13.8 Å². The average molecular weight is 210 g/mol. The van der Waals surface area contributed by atoms with Gasteiger partial charge in [0, 0.05) is 5.70 Å². The summed E-state index contributed by atoms with van der Waals surface area (Å²) in [6, 6.07) is 7.40. The lowest BCUT2D eigenvalue weighted by Crippen LogP contribution is -1.98. The molecule has 0 aromatic heterocycles. The number of hydrogen-bond acceptors (Lipinski definition) is 2. The summed E-state index contributed by atoms with van der Waals surface area (Å²) in [5, 5.41) is 3.69. The number of rotatable bonds is 3. The number of carbonyl (C=O) groups is 1. The van der Waals surface area contributed by atoms with E-state index in [1.807, 2.05) is 25.1 Å². The predicted molar refractivity (Wildman–Crippen MR) is 59.5 cm³/mol. The van der Waals surface area contributed by atoms with Gasteiger partial charge in [-0.2, -0.15) is 0 Å². The Labute approximate surface area is 88.6 Å². The monoisotopic (exact) mass is 209 g/mol. The fourth-order valence-corrected chi connectivity index (χ4v) is 1.30. The average Bonchev–Trinajstić information content (AvgIpc) is 2.07. The van der Waals surface area contributed by atoms with E-state index in [1.54, 1.807) is 6.07 Å². The molecular weight excluding hydrogens is 198 g/mol. The van der Waals surface area contributed by atoms with Crippen molar-refractivity contribution in [3.8, 4) is 0 Å². The number of anilines is 1. The lowest BCUT2D eigenvalue weighted by molar-refractivity contribution is -0.112. The van der Waals surface area contributed by atoms with Crippen molar-refractivity contribution in [2.75, 3.05) is 5.32 Å². The van der Waals surface area contributed by atoms with Crippen LogP contribution in [-0.2, 0) is 4.79 Å². The second-order valence-corrected chi connectivity index (χ2v) is 3.45. The van der Waals surface area contributed by atoms with Gasteiger partial charge in [0.15, 0.2) is 5.78 Å². The van der Waals surface area contributed by atoms with Gasteiger partial charge in [0.1, 0.15) is 0 Å². The van der Waals surface area contributed by atoms with Crippen molar-refractivity contribution in [2.45, 2.75) is 13.8 Å². The van der Waals surface area contributed by atoms with Gasteiger partial charge in [-0.1, -0.05) is 23.7 Å². The molecule has 0 spiro atoms. The van der Waals surface area contributed by atoms with Crippen LogP contribution in [0.5, 0.6) is 0 Å². The fraction of sp³-hybridized carbons (Fsp3) is 0.182. The topological polar surface area (TPSA) is 29.1 Å². The first-order valence-electron chi connectivity index (χ1n) is 4.30. The molecule has 0 aliphatic rings. The molecule has 0 saturated carbocycles. The maximum Gasteiger partial charge on any atom is 0.154 e. The van der Waals surface area contributed by atoms with Gasteiger partial charge in [-0.25, -0.2) is 0 Å². The number of ketones is 1. The van der Waals surface area contributed by atoms with Crippen molar-refractivity contribution in [3.05, 3.63) is 41.1 Å². The van der Waals surface area contributed by atoms with E-state index in [0.717, 1.165) is 11.4 Å². The van der Waals surface area contributed by atoms with E-state index in [1.165, 1.54) is 13.0 Å². The molecule has 1 aromatic carbocycles. The minimum absolute atomic E-state index is 0.0158. The van der Waals surface area contributed by atoms with E-state index in [-0.39, 0.29) is 5.78 Å².